The summed E-state index contributed by atoms with van der Waals surface area (Å²) >= 11 is 0. The van der Waals surface area contributed by atoms with Gasteiger partial charge in [0.15, 0.2) is 0 Å². The molecule has 0 heteroatoms. The van der Waals surface area contributed by atoms with Crippen molar-refractivity contribution in [2.24, 2.45) is 35.5 Å². The molecule has 16 heavy (non-hydrogen) atoms. The van der Waals surface area contributed by atoms with Crippen molar-refractivity contribution in [2.75, 3.05) is 0 Å². The number of rotatable bonds is 1. The van der Waals surface area contributed by atoms with E-state index < -0.39 is 0 Å². The summed E-state index contributed by atoms with van der Waals surface area (Å²) in [6.45, 7) is 0. The number of hydrogen-bond donors (Lipinski definition) is 0. The van der Waals surface area contributed by atoms with E-state index in [1.54, 1.807) is 5.56 Å². The molecule has 4 aliphatic rings. The minimum absolute atomic E-state index is 0.866. The average Bonchev–Trinajstić information content (AvgIpc) is 3.19. The molecule has 1 aromatic rings. The van der Waals surface area contributed by atoms with Crippen LogP contribution in [0.5, 0.6) is 0 Å². The van der Waals surface area contributed by atoms with Gasteiger partial charge in [0.05, 0.1) is 0 Å². The van der Waals surface area contributed by atoms with E-state index in [9.17, 15) is 0 Å². The van der Waals surface area contributed by atoms with Crippen molar-refractivity contribution in [2.45, 2.75) is 12.3 Å². The van der Waals surface area contributed by atoms with Crippen molar-refractivity contribution < 1.29 is 0 Å². The molecule has 3 saturated carbocycles. The Morgan fingerprint density at radius 1 is 0.812 bits per heavy atom. The van der Waals surface area contributed by atoms with Crippen LogP contribution in [-0.2, 0) is 0 Å². The van der Waals surface area contributed by atoms with Gasteiger partial charge in [0.25, 0.3) is 0 Å². The molecule has 2 bridgehead atoms. The lowest BCUT2D eigenvalue weighted by Crippen LogP contribution is -2.22. The molecular formula is C16H16. The second kappa shape index (κ2) is 2.45. The van der Waals surface area contributed by atoms with Gasteiger partial charge in [-0.2, -0.15) is 0 Å². The van der Waals surface area contributed by atoms with Gasteiger partial charge < -0.3 is 0 Å². The molecule has 0 amide bonds. The Hall–Kier alpha value is -1.04. The molecule has 80 valence electrons. The lowest BCUT2D eigenvalue weighted by Gasteiger charge is -2.31. The molecule has 0 aromatic heterocycles. The maximum Gasteiger partial charge on any atom is -0.00592 e. The Balaban J connectivity index is 1.64. The summed E-state index contributed by atoms with van der Waals surface area (Å²) in [6, 6.07) is 11.3. The molecule has 0 radical (unpaired) electrons. The van der Waals surface area contributed by atoms with Crippen molar-refractivity contribution in [1.29, 1.82) is 0 Å². The lowest BCUT2D eigenvalue weighted by atomic mass is 9.73. The van der Waals surface area contributed by atoms with Crippen molar-refractivity contribution >= 4 is 0 Å². The van der Waals surface area contributed by atoms with E-state index in [4.69, 9.17) is 0 Å². The Bertz CT molecular complexity index is 472. The van der Waals surface area contributed by atoms with Gasteiger partial charge in [0.1, 0.15) is 0 Å². The topological polar surface area (TPSA) is 0 Å². The zero-order valence-corrected chi connectivity index (χ0v) is 9.29. The fourth-order valence-corrected chi connectivity index (χ4v) is 4.97. The smallest absolute Gasteiger partial charge is 0.00592 e. The average molecular weight is 208 g/mol. The van der Waals surface area contributed by atoms with Crippen LogP contribution < -0.4 is 0 Å². The third kappa shape index (κ3) is 0.806. The molecule has 4 aliphatic carbocycles. The number of fused-ring (bicyclic) bond motifs is 5. The van der Waals surface area contributed by atoms with Crippen LogP contribution in [0.3, 0.4) is 0 Å². The molecule has 3 fully saturated rings. The lowest BCUT2D eigenvalue weighted by molar-refractivity contribution is 0.320. The summed E-state index contributed by atoms with van der Waals surface area (Å²) in [5.41, 5.74) is 1.61. The molecule has 0 saturated heterocycles. The van der Waals surface area contributed by atoms with E-state index in [0.29, 0.717) is 0 Å². The molecule has 0 heterocycles. The standard InChI is InChI=1S/C16H16/c1-2-4-9(5-3-1)14-10-6-7-11-15(16(11)14)13-8-12(10)13/h1-7,10-16H,8H2/t10-,11?,12-,13-,14-,15+,16?/m0/s1. The van der Waals surface area contributed by atoms with Gasteiger partial charge in [-0.05, 0) is 53.4 Å². The van der Waals surface area contributed by atoms with Crippen LogP contribution in [0.1, 0.15) is 17.9 Å². The van der Waals surface area contributed by atoms with Crippen LogP contribution in [0.15, 0.2) is 42.5 Å². The number of allylic oxidation sites excluding steroid dienone is 2. The second-order valence-corrected chi connectivity index (χ2v) is 6.19. The molecule has 1 aromatic carbocycles. The molecule has 0 nitrogen and oxygen atoms in total. The monoisotopic (exact) mass is 208 g/mol. The Kier molecular flexibility index (Phi) is 1.24. The SMILES string of the molecule is C1=C[C@H]2[C@@H]3C[C@@H]3[C@H]3C1C3[C@H]2c1ccccc1. The van der Waals surface area contributed by atoms with Crippen LogP contribution in [0.4, 0.5) is 0 Å². The molecule has 0 spiro atoms. The molecule has 0 N–H and O–H groups in total. The molecular weight excluding hydrogens is 192 g/mol. The van der Waals surface area contributed by atoms with E-state index in [1.807, 2.05) is 0 Å². The first kappa shape index (κ1) is 8.11. The fourth-order valence-electron chi connectivity index (χ4n) is 4.97. The van der Waals surface area contributed by atoms with Gasteiger partial charge in [-0.15, -0.1) is 0 Å². The van der Waals surface area contributed by atoms with Crippen molar-refractivity contribution in [3.05, 3.63) is 48.0 Å². The van der Waals surface area contributed by atoms with Crippen molar-refractivity contribution in [3.8, 4) is 0 Å². The molecule has 5 rings (SSSR count). The Morgan fingerprint density at radius 3 is 2.50 bits per heavy atom. The van der Waals surface area contributed by atoms with E-state index >= 15 is 0 Å². The molecule has 2 unspecified atom stereocenters. The highest BCUT2D eigenvalue weighted by Gasteiger charge is 2.70. The van der Waals surface area contributed by atoms with Crippen LogP contribution in [0.2, 0.25) is 0 Å². The third-order valence-corrected chi connectivity index (χ3v) is 5.64. The Morgan fingerprint density at radius 2 is 1.62 bits per heavy atom. The van der Waals surface area contributed by atoms with Gasteiger partial charge in [0, 0.05) is 0 Å². The zero-order chi connectivity index (χ0) is 10.3. The predicted octanol–water partition coefficient (Wildman–Crippen LogP) is 3.47. The first-order valence-corrected chi connectivity index (χ1v) is 6.68. The van der Waals surface area contributed by atoms with Crippen LogP contribution in [0, 0.1) is 35.5 Å². The van der Waals surface area contributed by atoms with Gasteiger partial charge in [0.2, 0.25) is 0 Å². The van der Waals surface area contributed by atoms with Gasteiger partial charge in [-0.25, -0.2) is 0 Å². The van der Waals surface area contributed by atoms with E-state index in [2.05, 4.69) is 42.5 Å². The van der Waals surface area contributed by atoms with Crippen LogP contribution >= 0.6 is 0 Å². The highest BCUT2D eigenvalue weighted by Crippen LogP contribution is 2.77. The minimum atomic E-state index is 0.866. The largest absolute Gasteiger partial charge is 0.0845 e. The van der Waals surface area contributed by atoms with Crippen molar-refractivity contribution in [3.63, 3.8) is 0 Å². The summed E-state index contributed by atoms with van der Waals surface area (Å²) in [5, 5.41) is 0. The normalized spacial score (nSPS) is 54.4. The summed E-state index contributed by atoms with van der Waals surface area (Å²) < 4.78 is 0. The highest BCUT2D eigenvalue weighted by atomic mass is 14.7. The van der Waals surface area contributed by atoms with Gasteiger partial charge >= 0.3 is 0 Å². The van der Waals surface area contributed by atoms with Crippen LogP contribution in [-0.4, -0.2) is 0 Å². The minimum Gasteiger partial charge on any atom is -0.0845 e. The number of hydrogen-bond acceptors (Lipinski definition) is 0. The second-order valence-electron chi connectivity index (χ2n) is 6.19. The molecule has 7 atom stereocenters. The van der Waals surface area contributed by atoms with Crippen LogP contribution in [0.25, 0.3) is 0 Å². The fraction of sp³-hybridized carbons (Fsp3) is 0.500. The maximum atomic E-state index is 2.57. The van der Waals surface area contributed by atoms with Crippen molar-refractivity contribution in [1.82, 2.24) is 0 Å². The van der Waals surface area contributed by atoms with E-state index in [1.165, 1.54) is 6.42 Å². The summed E-state index contributed by atoms with van der Waals surface area (Å²) in [6.07, 6.45) is 6.65. The predicted molar refractivity (Wildman–Crippen MR) is 63.9 cm³/mol. The summed E-state index contributed by atoms with van der Waals surface area (Å²) in [4.78, 5) is 0. The van der Waals surface area contributed by atoms with Gasteiger partial charge in [-0.1, -0.05) is 42.5 Å². The summed E-state index contributed by atoms with van der Waals surface area (Å²) in [5.74, 6) is 6.97. The van der Waals surface area contributed by atoms with E-state index in [0.717, 1.165) is 41.4 Å². The highest BCUT2D eigenvalue weighted by molar-refractivity contribution is 5.37. The Labute approximate surface area is 96.4 Å². The van der Waals surface area contributed by atoms with E-state index in [-0.39, 0.29) is 0 Å². The number of benzene rings is 1. The quantitative estimate of drug-likeness (QED) is 0.620. The first-order chi connectivity index (χ1) is 7.95. The summed E-state index contributed by atoms with van der Waals surface area (Å²) in [7, 11) is 0. The third-order valence-electron chi connectivity index (χ3n) is 5.64. The molecule has 0 aliphatic heterocycles. The first-order valence-electron chi connectivity index (χ1n) is 6.68. The van der Waals surface area contributed by atoms with Gasteiger partial charge in [-0.3, -0.25) is 0 Å². The zero-order valence-electron chi connectivity index (χ0n) is 9.29. The maximum absolute atomic E-state index is 2.57.